The van der Waals surface area contributed by atoms with Gasteiger partial charge in [0.1, 0.15) is 0 Å². The summed E-state index contributed by atoms with van der Waals surface area (Å²) in [5.41, 5.74) is 1.31. The van der Waals surface area contributed by atoms with E-state index in [-0.39, 0.29) is 23.8 Å². The molecule has 2 amide bonds. The molecule has 0 saturated heterocycles. The molecule has 32 heavy (non-hydrogen) atoms. The lowest BCUT2D eigenvalue weighted by atomic mass is 9.84. The molecule has 0 bridgehead atoms. The van der Waals surface area contributed by atoms with Gasteiger partial charge in [0.15, 0.2) is 0 Å². The van der Waals surface area contributed by atoms with Crippen molar-refractivity contribution >= 4 is 23.2 Å². The van der Waals surface area contributed by atoms with Crippen molar-refractivity contribution < 1.29 is 9.59 Å². The van der Waals surface area contributed by atoms with Crippen LogP contribution in [0.2, 0.25) is 0 Å². The molecule has 0 N–H and O–H groups in total. The highest BCUT2D eigenvalue weighted by Gasteiger charge is 2.30. The van der Waals surface area contributed by atoms with Gasteiger partial charge in [0, 0.05) is 24.4 Å². The number of hydrogen-bond acceptors (Lipinski definition) is 3. The molecule has 1 fully saturated rings. The number of carbonyl (C=O) groups excluding carboxylic acids is 2. The van der Waals surface area contributed by atoms with E-state index in [1.54, 1.807) is 11.3 Å². The number of carbonyl (C=O) groups is 2. The average molecular weight is 455 g/mol. The molecule has 1 aromatic carbocycles. The Morgan fingerprint density at radius 2 is 1.72 bits per heavy atom. The van der Waals surface area contributed by atoms with Crippen molar-refractivity contribution in [1.29, 1.82) is 0 Å². The Hall–Kier alpha value is -2.14. The van der Waals surface area contributed by atoms with E-state index in [0.29, 0.717) is 37.9 Å². The number of benzene rings is 1. The van der Waals surface area contributed by atoms with Gasteiger partial charge in [0.2, 0.25) is 11.8 Å². The Bertz CT molecular complexity index is 854. The van der Waals surface area contributed by atoms with Gasteiger partial charge in [-0.15, -0.1) is 11.3 Å². The fourth-order valence-electron chi connectivity index (χ4n) is 4.30. The van der Waals surface area contributed by atoms with E-state index in [4.69, 9.17) is 0 Å². The molecule has 1 saturated carbocycles. The maximum absolute atomic E-state index is 13.4. The third-order valence-corrected chi connectivity index (χ3v) is 6.70. The maximum atomic E-state index is 13.4. The van der Waals surface area contributed by atoms with Crippen molar-refractivity contribution in [2.45, 2.75) is 66.5 Å². The summed E-state index contributed by atoms with van der Waals surface area (Å²) in [5.74, 6) is 1.02. The van der Waals surface area contributed by atoms with Gasteiger partial charge in [-0.05, 0) is 53.5 Å². The summed E-state index contributed by atoms with van der Waals surface area (Å²) in [6, 6.07) is 14.2. The highest BCUT2D eigenvalue weighted by Crippen LogP contribution is 2.31. The highest BCUT2D eigenvalue weighted by molar-refractivity contribution is 7.09. The Morgan fingerprint density at radius 3 is 2.31 bits per heavy atom. The van der Waals surface area contributed by atoms with E-state index >= 15 is 0 Å². The Morgan fingerprint density at radius 1 is 1.00 bits per heavy atom. The summed E-state index contributed by atoms with van der Waals surface area (Å²) < 4.78 is 0. The third-order valence-electron chi connectivity index (χ3n) is 5.83. The molecule has 1 atom stereocenters. The van der Waals surface area contributed by atoms with Crippen LogP contribution < -0.4 is 0 Å². The summed E-state index contributed by atoms with van der Waals surface area (Å²) in [4.78, 5) is 31.5. The maximum Gasteiger partial charge on any atom is 0.242 e. The minimum atomic E-state index is 0.0275. The average Bonchev–Trinajstić information content (AvgIpc) is 3.38. The zero-order valence-electron chi connectivity index (χ0n) is 20.0. The molecule has 0 aliphatic heterocycles. The first-order valence-electron chi connectivity index (χ1n) is 11.8. The predicted molar refractivity (Wildman–Crippen MR) is 132 cm³/mol. The molecule has 1 aliphatic rings. The second-order valence-electron chi connectivity index (χ2n) is 10.6. The van der Waals surface area contributed by atoms with Gasteiger partial charge in [0.05, 0.1) is 13.1 Å². The van der Waals surface area contributed by atoms with Gasteiger partial charge in [-0.1, -0.05) is 64.1 Å². The van der Waals surface area contributed by atoms with Crippen LogP contribution in [-0.4, -0.2) is 34.7 Å². The molecule has 0 spiro atoms. The van der Waals surface area contributed by atoms with Crippen LogP contribution in [0.3, 0.4) is 0 Å². The van der Waals surface area contributed by atoms with E-state index in [1.807, 2.05) is 39.4 Å². The van der Waals surface area contributed by atoms with Crippen molar-refractivity contribution in [3.63, 3.8) is 0 Å². The van der Waals surface area contributed by atoms with Crippen molar-refractivity contribution in [2.75, 3.05) is 13.1 Å². The Balaban J connectivity index is 1.68. The fourth-order valence-corrected chi connectivity index (χ4v) is 5.02. The molecule has 3 rings (SSSR count). The minimum Gasteiger partial charge on any atom is -0.333 e. The summed E-state index contributed by atoms with van der Waals surface area (Å²) in [6.07, 6.45) is 3.85. The molecule has 1 aromatic heterocycles. The van der Waals surface area contributed by atoms with Crippen molar-refractivity contribution in [2.24, 2.45) is 17.3 Å². The van der Waals surface area contributed by atoms with Crippen LogP contribution in [0.1, 0.15) is 63.8 Å². The van der Waals surface area contributed by atoms with Gasteiger partial charge < -0.3 is 9.80 Å². The second kappa shape index (κ2) is 11.1. The van der Waals surface area contributed by atoms with E-state index in [0.717, 1.165) is 16.9 Å². The lowest BCUT2D eigenvalue weighted by Gasteiger charge is -2.29. The van der Waals surface area contributed by atoms with E-state index in [1.165, 1.54) is 12.8 Å². The molecule has 2 aromatic rings. The van der Waals surface area contributed by atoms with Gasteiger partial charge in [0.25, 0.3) is 0 Å². The number of amides is 2. The zero-order chi connectivity index (χ0) is 23.1. The van der Waals surface area contributed by atoms with Crippen LogP contribution in [-0.2, 0) is 22.7 Å². The first-order valence-corrected chi connectivity index (χ1v) is 12.7. The summed E-state index contributed by atoms with van der Waals surface area (Å²) >= 11 is 1.66. The lowest BCUT2D eigenvalue weighted by Crippen LogP contribution is -2.43. The van der Waals surface area contributed by atoms with Crippen LogP contribution >= 0.6 is 11.3 Å². The Kier molecular flexibility index (Phi) is 8.52. The molecule has 1 heterocycles. The fraction of sp³-hybridized carbons (Fsp3) is 0.556. The standard InChI is InChI=1S/C27H38N2O2S/c1-21(16-27(2,3)4)15-25(30)29(18-23-12-13-23)20-26(31)28(19-24-11-8-14-32-24)17-22-9-6-5-7-10-22/h5-11,14,21,23H,12-13,15-20H2,1-4H3. The molecule has 1 aliphatic carbocycles. The predicted octanol–water partition coefficient (Wildman–Crippen LogP) is 5.98. The molecular weight excluding hydrogens is 416 g/mol. The van der Waals surface area contributed by atoms with Crippen LogP contribution in [0.25, 0.3) is 0 Å². The van der Waals surface area contributed by atoms with E-state index in [9.17, 15) is 9.59 Å². The topological polar surface area (TPSA) is 40.6 Å². The number of thiophene rings is 1. The molecule has 4 nitrogen and oxygen atoms in total. The van der Waals surface area contributed by atoms with Crippen molar-refractivity contribution in [3.8, 4) is 0 Å². The Labute approximate surface area is 197 Å². The van der Waals surface area contributed by atoms with Gasteiger partial charge in [-0.3, -0.25) is 9.59 Å². The monoisotopic (exact) mass is 454 g/mol. The quantitative estimate of drug-likeness (QED) is 0.419. The number of hydrogen-bond donors (Lipinski definition) is 0. The molecule has 1 unspecified atom stereocenters. The molecule has 174 valence electrons. The summed E-state index contributed by atoms with van der Waals surface area (Å²) in [5, 5.41) is 2.04. The van der Waals surface area contributed by atoms with Crippen LogP contribution in [0, 0.1) is 17.3 Å². The second-order valence-corrected chi connectivity index (χ2v) is 11.6. The third kappa shape index (κ3) is 8.42. The van der Waals surface area contributed by atoms with Gasteiger partial charge in [-0.2, -0.15) is 0 Å². The largest absolute Gasteiger partial charge is 0.333 e. The van der Waals surface area contributed by atoms with Crippen LogP contribution in [0.5, 0.6) is 0 Å². The number of nitrogens with zero attached hydrogens (tertiary/aromatic N) is 2. The first-order chi connectivity index (χ1) is 15.2. The summed E-state index contributed by atoms with van der Waals surface area (Å²) in [6.45, 7) is 10.8. The molecule has 5 heteroatoms. The molecule has 0 radical (unpaired) electrons. The first kappa shape index (κ1) is 24.5. The highest BCUT2D eigenvalue weighted by atomic mass is 32.1. The SMILES string of the molecule is CC(CC(=O)N(CC(=O)N(Cc1ccccc1)Cc1cccs1)CC1CC1)CC(C)(C)C. The van der Waals surface area contributed by atoms with Crippen LogP contribution in [0.15, 0.2) is 47.8 Å². The lowest BCUT2D eigenvalue weighted by molar-refractivity contribution is -0.142. The minimum absolute atomic E-state index is 0.0275. The van der Waals surface area contributed by atoms with E-state index in [2.05, 4.69) is 45.9 Å². The van der Waals surface area contributed by atoms with Gasteiger partial charge >= 0.3 is 0 Å². The van der Waals surface area contributed by atoms with Crippen molar-refractivity contribution in [1.82, 2.24) is 9.80 Å². The van der Waals surface area contributed by atoms with Crippen LogP contribution in [0.4, 0.5) is 0 Å². The summed E-state index contributed by atoms with van der Waals surface area (Å²) in [7, 11) is 0. The van der Waals surface area contributed by atoms with Gasteiger partial charge in [-0.25, -0.2) is 0 Å². The van der Waals surface area contributed by atoms with Crippen molar-refractivity contribution in [3.05, 3.63) is 58.3 Å². The smallest absolute Gasteiger partial charge is 0.242 e. The molecular formula is C27H38N2O2S. The van der Waals surface area contributed by atoms with E-state index < -0.39 is 0 Å². The normalized spacial score (nSPS) is 14.8. The zero-order valence-corrected chi connectivity index (χ0v) is 20.9. The number of rotatable bonds is 11.